The van der Waals surface area contributed by atoms with Gasteiger partial charge in [0.1, 0.15) is 5.82 Å². The van der Waals surface area contributed by atoms with Gasteiger partial charge in [0.15, 0.2) is 0 Å². The zero-order valence-electron chi connectivity index (χ0n) is 46.1. The second kappa shape index (κ2) is 10.8. The lowest BCUT2D eigenvalue weighted by Gasteiger charge is -2.17. The first-order valence-electron chi connectivity index (χ1n) is 25.8. The predicted octanol–water partition coefficient (Wildman–Crippen LogP) is 12.0. The minimum Gasteiger partial charge on any atom is -0.309 e. The van der Waals surface area contributed by atoms with Gasteiger partial charge in [0.05, 0.1) is 77.6 Å². The topological polar surface area (TPSA) is 27.7 Å². The SMILES string of the molecule is [2H]c1c([2H])c([2H])c(-n2c3ccccc3c3ccccc32)c(-c2cc(-n3c4c([2H])c([2H])c([2H])c([2H])c4c4c([2H])c([2H])c([2H])c([2H])c43)cc(-n3c4c([2H])c([2H])c([2H])c([2H])c4c4c([2H])c([2H])c([2H])c([2H])c43)n2)c1[2H]. The Labute approximate surface area is 321 Å². The van der Waals surface area contributed by atoms with Crippen molar-refractivity contribution in [3.05, 3.63) is 182 Å². The lowest BCUT2D eigenvalue weighted by atomic mass is 10.1. The molecule has 0 aliphatic heterocycles. The number of pyridine rings is 1. The molecule has 0 atom stereocenters. The highest BCUT2D eigenvalue weighted by atomic mass is 15.1. The summed E-state index contributed by atoms with van der Waals surface area (Å²) in [6, 6.07) is 3.12. The van der Waals surface area contributed by atoms with Crippen molar-refractivity contribution >= 4 is 65.4 Å². The second-order valence-electron chi connectivity index (χ2n) is 11.7. The average Bonchev–Trinajstić information content (AvgIpc) is 4.04. The van der Waals surface area contributed by atoms with Crippen molar-refractivity contribution in [3.63, 3.8) is 0 Å². The summed E-state index contributed by atoms with van der Waals surface area (Å²) in [5.74, 6) is -0.398. The van der Waals surface area contributed by atoms with Gasteiger partial charge in [0.25, 0.3) is 0 Å². The van der Waals surface area contributed by atoms with Crippen LogP contribution in [0.1, 0.15) is 27.4 Å². The summed E-state index contributed by atoms with van der Waals surface area (Å²) in [7, 11) is 0. The van der Waals surface area contributed by atoms with Gasteiger partial charge in [-0.3, -0.25) is 4.57 Å². The monoisotopic (exact) mass is 670 g/mol. The van der Waals surface area contributed by atoms with Crippen LogP contribution in [0.15, 0.2) is 182 Å². The molecule has 0 aliphatic carbocycles. The predicted molar refractivity (Wildman–Crippen MR) is 213 cm³/mol. The maximum Gasteiger partial charge on any atom is 0.140 e. The van der Waals surface area contributed by atoms with Crippen molar-refractivity contribution in [1.82, 2.24) is 18.7 Å². The molecule has 7 aromatic carbocycles. The molecule has 0 saturated carbocycles. The van der Waals surface area contributed by atoms with E-state index in [1.54, 1.807) is 28.8 Å². The molecule has 4 heteroatoms. The third-order valence-electron chi connectivity index (χ3n) is 9.08. The first kappa shape index (κ1) is 14.9. The molecule has 0 amide bonds. The van der Waals surface area contributed by atoms with Crippen LogP contribution in [0.4, 0.5) is 0 Å². The highest BCUT2D eigenvalue weighted by Crippen LogP contribution is 2.39. The summed E-state index contributed by atoms with van der Waals surface area (Å²) in [6.45, 7) is 0. The number of benzene rings is 7. The molecule has 0 unspecified atom stereocenters. The summed E-state index contributed by atoms with van der Waals surface area (Å²) in [5, 5.41) is 0.187. The Kier molecular flexibility index (Phi) is 3.16. The lowest BCUT2D eigenvalue weighted by molar-refractivity contribution is 1.06. The van der Waals surface area contributed by atoms with E-state index in [9.17, 15) is 8.22 Å². The number of nitrogens with zero attached hydrogens (tertiary/aromatic N) is 4. The molecule has 0 spiro atoms. The van der Waals surface area contributed by atoms with Crippen LogP contribution in [0.5, 0.6) is 0 Å². The van der Waals surface area contributed by atoms with Crippen molar-refractivity contribution in [1.29, 1.82) is 0 Å². The summed E-state index contributed by atoms with van der Waals surface area (Å²) in [4.78, 5) is 4.99. The van der Waals surface area contributed by atoms with Crippen molar-refractivity contribution in [2.24, 2.45) is 0 Å². The Bertz CT molecular complexity index is 3920. The Morgan fingerprint density at radius 3 is 1.39 bits per heavy atom. The molecule has 4 nitrogen and oxygen atoms in total. The average molecular weight is 671 g/mol. The van der Waals surface area contributed by atoms with E-state index in [0.29, 0.717) is 21.8 Å². The van der Waals surface area contributed by atoms with E-state index in [1.807, 2.05) is 24.3 Å². The van der Waals surface area contributed by atoms with E-state index in [-0.39, 0.29) is 66.2 Å². The van der Waals surface area contributed by atoms with Crippen LogP contribution < -0.4 is 0 Å². The second-order valence-corrected chi connectivity index (χ2v) is 11.7. The van der Waals surface area contributed by atoms with E-state index < -0.39 is 127 Å². The zero-order chi connectivity index (χ0) is 50.9. The summed E-state index contributed by atoms with van der Waals surface area (Å²) < 4.78 is 184. The number of fused-ring (bicyclic) bond motifs is 9. The molecule has 0 radical (unpaired) electrons. The molecule has 0 aliphatic rings. The smallest absolute Gasteiger partial charge is 0.140 e. The van der Waals surface area contributed by atoms with Gasteiger partial charge in [-0.1, -0.05) is 127 Å². The van der Waals surface area contributed by atoms with Crippen LogP contribution in [-0.4, -0.2) is 18.7 Å². The molecule has 0 fully saturated rings. The summed E-state index contributed by atoms with van der Waals surface area (Å²) in [6.07, 6.45) is 0. The normalized spacial score (nSPS) is 17.4. The Morgan fingerprint density at radius 1 is 0.392 bits per heavy atom. The molecule has 11 aromatic rings. The Morgan fingerprint density at radius 2 is 0.843 bits per heavy atom. The molecule has 0 saturated heterocycles. The van der Waals surface area contributed by atoms with E-state index in [0.717, 1.165) is 9.13 Å². The molecule has 238 valence electrons. The number of rotatable bonds is 4. The van der Waals surface area contributed by atoms with Crippen molar-refractivity contribution in [2.75, 3.05) is 0 Å². The molecular formula is C47H30N4. The number of para-hydroxylation sites is 7. The molecule has 4 aromatic heterocycles. The highest BCUT2D eigenvalue weighted by Gasteiger charge is 2.20. The van der Waals surface area contributed by atoms with Crippen molar-refractivity contribution in [3.8, 4) is 28.5 Å². The highest BCUT2D eigenvalue weighted by molar-refractivity contribution is 6.11. The van der Waals surface area contributed by atoms with Crippen molar-refractivity contribution in [2.45, 2.75) is 0 Å². The van der Waals surface area contributed by atoms with E-state index >= 15 is 0 Å². The van der Waals surface area contributed by atoms with Gasteiger partial charge in [0.2, 0.25) is 0 Å². The maximum atomic E-state index is 9.64. The maximum absolute atomic E-state index is 9.64. The quantitative estimate of drug-likeness (QED) is 0.183. The number of hydrogen-bond acceptors (Lipinski definition) is 1. The molecule has 0 bridgehead atoms. The third-order valence-corrected chi connectivity index (χ3v) is 9.08. The fourth-order valence-electron chi connectivity index (χ4n) is 7.03. The molecule has 11 rings (SSSR count). The van der Waals surface area contributed by atoms with Gasteiger partial charge < -0.3 is 9.13 Å². The summed E-state index contributed by atoms with van der Waals surface area (Å²) >= 11 is 0. The van der Waals surface area contributed by atoms with Gasteiger partial charge in [-0.05, 0) is 48.4 Å². The molecular weight excluding hydrogens is 621 g/mol. The van der Waals surface area contributed by atoms with Gasteiger partial charge in [0, 0.05) is 43.9 Å². The van der Waals surface area contributed by atoms with Crippen LogP contribution in [0.2, 0.25) is 0 Å². The van der Waals surface area contributed by atoms with Crippen LogP contribution in [0.3, 0.4) is 0 Å². The zero-order valence-corrected chi connectivity index (χ0v) is 26.1. The van der Waals surface area contributed by atoms with Crippen LogP contribution in [-0.2, 0) is 0 Å². The standard InChI is InChI=1S/C47H30N4/c1-8-22-40-32(15-1)33-16-2-9-23-41(33)49(40)31-29-39(48-47(30-31)51-44-26-12-5-19-36(44)37-20-6-13-27-45(37)51)38-21-7-14-28-46(38)50-42-24-10-3-17-34(42)35-18-4-11-25-43(35)50/h1-30H/i1D,2D,5D,6D,7D,8D,9D,12D,13D,14D,15D,16D,19D,20D,21D,22D,23D,26D,27D,28D. The fraction of sp³-hybridized carbons (Fsp3) is 0. The largest absolute Gasteiger partial charge is 0.309 e. The molecule has 51 heavy (non-hydrogen) atoms. The summed E-state index contributed by atoms with van der Waals surface area (Å²) in [5.41, 5.74) is -1.32. The third kappa shape index (κ3) is 4.05. The van der Waals surface area contributed by atoms with Gasteiger partial charge in [-0.25, -0.2) is 4.98 Å². The number of aromatic nitrogens is 4. The minimum absolute atomic E-state index is 0.124. The lowest BCUT2D eigenvalue weighted by Crippen LogP contribution is -2.04. The van der Waals surface area contributed by atoms with E-state index in [1.165, 1.54) is 12.1 Å². The molecule has 0 N–H and O–H groups in total. The molecule has 4 heterocycles. The van der Waals surface area contributed by atoms with Gasteiger partial charge in [-0.15, -0.1) is 0 Å². The fourth-order valence-corrected chi connectivity index (χ4v) is 7.03. The van der Waals surface area contributed by atoms with Crippen LogP contribution in [0, 0.1) is 0 Å². The first-order valence-corrected chi connectivity index (χ1v) is 15.8. The minimum atomic E-state index is -0.751. The van der Waals surface area contributed by atoms with Gasteiger partial charge >= 0.3 is 0 Å². The number of hydrogen-bond donors (Lipinski definition) is 0. The first-order chi connectivity index (χ1) is 33.6. The van der Waals surface area contributed by atoms with E-state index in [4.69, 9.17) is 24.2 Å². The van der Waals surface area contributed by atoms with Crippen LogP contribution in [0.25, 0.3) is 93.9 Å². The van der Waals surface area contributed by atoms with Crippen molar-refractivity contribution < 1.29 is 27.4 Å². The Balaban J connectivity index is 1.43. The van der Waals surface area contributed by atoms with Crippen LogP contribution >= 0.6 is 0 Å². The Hall–Kier alpha value is -6.91. The van der Waals surface area contributed by atoms with Gasteiger partial charge in [-0.2, -0.15) is 0 Å². The van der Waals surface area contributed by atoms with E-state index in [2.05, 4.69) is 0 Å².